The Balaban J connectivity index is 1.51. The third-order valence-electron chi connectivity index (χ3n) is 6.83. The van der Waals surface area contributed by atoms with Gasteiger partial charge in [0.15, 0.2) is 0 Å². The van der Waals surface area contributed by atoms with Crippen LogP contribution in [-0.4, -0.2) is 71.7 Å². The molecule has 0 spiro atoms. The van der Waals surface area contributed by atoms with Crippen LogP contribution in [0.3, 0.4) is 0 Å². The summed E-state index contributed by atoms with van der Waals surface area (Å²) in [5.74, 6) is -0.758. The summed E-state index contributed by atoms with van der Waals surface area (Å²) in [7, 11) is 0. The Labute approximate surface area is 188 Å². The quantitative estimate of drug-likeness (QED) is 0.738. The standard InChI is InChI=1S/C24H32N4O4/c29-21-19(12-7-13-25-21)26-22(30)20-16-27(23(31)17-8-3-1-4-9-17)14-15-28(20)24(32)18-10-5-2-6-11-18/h1,3-4,8-9,18-20H,2,5-7,10-16H2,(H,25,29)(H,26,30)/t19-,20+/m0/s1. The van der Waals surface area contributed by atoms with E-state index in [0.717, 1.165) is 38.5 Å². The lowest BCUT2D eigenvalue weighted by Gasteiger charge is -2.42. The molecule has 1 saturated carbocycles. The van der Waals surface area contributed by atoms with Gasteiger partial charge in [-0.2, -0.15) is 0 Å². The maximum absolute atomic E-state index is 13.3. The predicted octanol–water partition coefficient (Wildman–Crippen LogP) is 1.31. The van der Waals surface area contributed by atoms with Crippen LogP contribution in [0, 0.1) is 5.92 Å². The molecule has 0 bridgehead atoms. The minimum absolute atomic E-state index is 0.00440. The van der Waals surface area contributed by atoms with Crippen molar-refractivity contribution in [3.05, 3.63) is 35.9 Å². The highest BCUT2D eigenvalue weighted by atomic mass is 16.2. The molecule has 4 rings (SSSR count). The summed E-state index contributed by atoms with van der Waals surface area (Å²) in [4.78, 5) is 55.1. The third-order valence-corrected chi connectivity index (χ3v) is 6.83. The number of benzene rings is 1. The Morgan fingerprint density at radius 3 is 2.41 bits per heavy atom. The number of piperazine rings is 1. The topological polar surface area (TPSA) is 98.8 Å². The average Bonchev–Trinajstić information content (AvgIpc) is 2.85. The number of hydrogen-bond donors (Lipinski definition) is 2. The van der Waals surface area contributed by atoms with Gasteiger partial charge in [-0.1, -0.05) is 37.5 Å². The van der Waals surface area contributed by atoms with Gasteiger partial charge in [0.25, 0.3) is 5.91 Å². The second-order valence-corrected chi connectivity index (χ2v) is 8.99. The zero-order valence-corrected chi connectivity index (χ0v) is 18.4. The summed E-state index contributed by atoms with van der Waals surface area (Å²) >= 11 is 0. The van der Waals surface area contributed by atoms with Gasteiger partial charge < -0.3 is 20.4 Å². The van der Waals surface area contributed by atoms with E-state index in [1.54, 1.807) is 21.9 Å². The van der Waals surface area contributed by atoms with E-state index in [2.05, 4.69) is 10.6 Å². The predicted molar refractivity (Wildman–Crippen MR) is 119 cm³/mol. The lowest BCUT2D eigenvalue weighted by molar-refractivity contribution is -0.148. The molecular weight excluding hydrogens is 408 g/mol. The molecule has 2 aliphatic heterocycles. The number of carbonyl (C=O) groups is 4. The van der Waals surface area contributed by atoms with E-state index >= 15 is 0 Å². The number of carbonyl (C=O) groups excluding carboxylic acids is 4. The molecular formula is C24H32N4O4. The molecule has 172 valence electrons. The average molecular weight is 441 g/mol. The number of rotatable bonds is 4. The van der Waals surface area contributed by atoms with E-state index in [-0.39, 0.29) is 36.1 Å². The van der Waals surface area contributed by atoms with Crippen LogP contribution < -0.4 is 10.6 Å². The van der Waals surface area contributed by atoms with E-state index in [4.69, 9.17) is 0 Å². The highest BCUT2D eigenvalue weighted by molar-refractivity contribution is 5.96. The van der Waals surface area contributed by atoms with E-state index in [1.807, 2.05) is 18.2 Å². The molecule has 2 saturated heterocycles. The molecule has 2 N–H and O–H groups in total. The van der Waals surface area contributed by atoms with Crippen molar-refractivity contribution in [3.63, 3.8) is 0 Å². The van der Waals surface area contributed by atoms with Crippen LogP contribution in [0.5, 0.6) is 0 Å². The summed E-state index contributed by atoms with van der Waals surface area (Å²) in [5, 5.41) is 5.62. The first kappa shape index (κ1) is 22.3. The lowest BCUT2D eigenvalue weighted by Crippen LogP contribution is -2.64. The third kappa shape index (κ3) is 4.95. The maximum Gasteiger partial charge on any atom is 0.253 e. The fourth-order valence-corrected chi connectivity index (χ4v) is 4.98. The van der Waals surface area contributed by atoms with Crippen molar-refractivity contribution in [2.24, 2.45) is 5.92 Å². The molecule has 1 aliphatic carbocycles. The van der Waals surface area contributed by atoms with E-state index in [1.165, 1.54) is 0 Å². The highest BCUT2D eigenvalue weighted by Gasteiger charge is 2.40. The zero-order valence-electron chi connectivity index (χ0n) is 18.4. The van der Waals surface area contributed by atoms with Gasteiger partial charge in [0.1, 0.15) is 12.1 Å². The Morgan fingerprint density at radius 1 is 0.938 bits per heavy atom. The lowest BCUT2D eigenvalue weighted by atomic mass is 9.87. The van der Waals surface area contributed by atoms with Crippen molar-refractivity contribution in [2.75, 3.05) is 26.2 Å². The summed E-state index contributed by atoms with van der Waals surface area (Å²) in [6, 6.07) is 7.59. The number of amides is 4. The molecule has 1 aromatic carbocycles. The molecule has 3 fully saturated rings. The molecule has 0 radical (unpaired) electrons. The SMILES string of the molecule is O=C1NCCC[C@@H]1NC(=O)[C@H]1CN(C(=O)c2ccccc2)CCN1C(=O)C1CCCCC1. The van der Waals surface area contributed by atoms with Gasteiger partial charge in [-0.3, -0.25) is 19.2 Å². The molecule has 1 aromatic rings. The monoisotopic (exact) mass is 440 g/mol. The molecule has 0 aromatic heterocycles. The number of piperidine rings is 1. The molecule has 4 amide bonds. The fraction of sp³-hybridized carbons (Fsp3) is 0.583. The number of hydrogen-bond acceptors (Lipinski definition) is 4. The molecule has 2 atom stereocenters. The van der Waals surface area contributed by atoms with Crippen LogP contribution >= 0.6 is 0 Å². The van der Waals surface area contributed by atoms with Crippen molar-refractivity contribution >= 4 is 23.6 Å². The van der Waals surface area contributed by atoms with Crippen LogP contribution in [0.25, 0.3) is 0 Å². The minimum Gasteiger partial charge on any atom is -0.354 e. The van der Waals surface area contributed by atoms with Gasteiger partial charge in [0.2, 0.25) is 17.7 Å². The molecule has 32 heavy (non-hydrogen) atoms. The second-order valence-electron chi connectivity index (χ2n) is 8.99. The smallest absolute Gasteiger partial charge is 0.253 e. The Morgan fingerprint density at radius 2 is 1.69 bits per heavy atom. The Hall–Kier alpha value is -2.90. The summed E-state index contributed by atoms with van der Waals surface area (Å²) < 4.78 is 0. The van der Waals surface area contributed by atoms with Crippen LogP contribution in [0.4, 0.5) is 0 Å². The van der Waals surface area contributed by atoms with Gasteiger partial charge in [0.05, 0.1) is 6.54 Å². The van der Waals surface area contributed by atoms with Crippen LogP contribution in [0.2, 0.25) is 0 Å². The van der Waals surface area contributed by atoms with E-state index < -0.39 is 12.1 Å². The second kappa shape index (κ2) is 10.1. The van der Waals surface area contributed by atoms with Crippen molar-refractivity contribution in [3.8, 4) is 0 Å². The van der Waals surface area contributed by atoms with Gasteiger partial charge >= 0.3 is 0 Å². The van der Waals surface area contributed by atoms with Crippen LogP contribution in [0.15, 0.2) is 30.3 Å². The van der Waals surface area contributed by atoms with Gasteiger partial charge in [-0.25, -0.2) is 0 Å². The first-order chi connectivity index (χ1) is 15.5. The van der Waals surface area contributed by atoms with Crippen molar-refractivity contribution in [2.45, 2.75) is 57.0 Å². The highest BCUT2D eigenvalue weighted by Crippen LogP contribution is 2.27. The molecule has 8 nitrogen and oxygen atoms in total. The minimum atomic E-state index is -0.791. The fourth-order valence-electron chi connectivity index (χ4n) is 4.98. The number of nitrogens with one attached hydrogen (secondary N) is 2. The molecule has 8 heteroatoms. The van der Waals surface area contributed by atoms with E-state index in [9.17, 15) is 19.2 Å². The largest absolute Gasteiger partial charge is 0.354 e. The Bertz CT molecular complexity index is 853. The first-order valence-corrected chi connectivity index (χ1v) is 11.8. The maximum atomic E-state index is 13.3. The molecule has 0 unspecified atom stereocenters. The molecule has 2 heterocycles. The van der Waals surface area contributed by atoms with Gasteiger partial charge in [-0.05, 0) is 37.8 Å². The normalized spacial score (nSPS) is 24.6. The summed E-state index contributed by atoms with van der Waals surface area (Å²) in [5.41, 5.74) is 0.561. The molecule has 3 aliphatic rings. The van der Waals surface area contributed by atoms with Gasteiger partial charge in [-0.15, -0.1) is 0 Å². The van der Waals surface area contributed by atoms with E-state index in [0.29, 0.717) is 31.6 Å². The zero-order chi connectivity index (χ0) is 22.5. The van der Waals surface area contributed by atoms with Crippen molar-refractivity contribution in [1.29, 1.82) is 0 Å². The van der Waals surface area contributed by atoms with Crippen molar-refractivity contribution in [1.82, 2.24) is 20.4 Å². The first-order valence-electron chi connectivity index (χ1n) is 11.8. The Kier molecular flexibility index (Phi) is 7.07. The number of nitrogens with zero attached hydrogens (tertiary/aromatic N) is 2. The van der Waals surface area contributed by atoms with Crippen LogP contribution in [0.1, 0.15) is 55.3 Å². The van der Waals surface area contributed by atoms with Crippen LogP contribution in [-0.2, 0) is 14.4 Å². The van der Waals surface area contributed by atoms with Crippen molar-refractivity contribution < 1.29 is 19.2 Å². The summed E-state index contributed by atoms with van der Waals surface area (Å²) in [6.07, 6.45) is 6.27. The summed E-state index contributed by atoms with van der Waals surface area (Å²) in [6.45, 7) is 1.45. The van der Waals surface area contributed by atoms with Gasteiger partial charge in [0, 0.05) is 31.1 Å².